The van der Waals surface area contributed by atoms with Crippen LogP contribution in [0.4, 0.5) is 0 Å². The van der Waals surface area contributed by atoms with Crippen LogP contribution in [0.15, 0.2) is 23.6 Å². The topological polar surface area (TPSA) is 46.6 Å². The first-order valence-electron chi connectivity index (χ1n) is 9.73. The summed E-state index contributed by atoms with van der Waals surface area (Å²) < 4.78 is 11.4. The Bertz CT molecular complexity index is 724. The average molecular weight is 390 g/mol. The second-order valence-corrected chi connectivity index (χ2v) is 8.48. The van der Waals surface area contributed by atoms with Gasteiger partial charge in [0.1, 0.15) is 6.61 Å². The third-order valence-electron chi connectivity index (χ3n) is 5.12. The van der Waals surface area contributed by atoms with E-state index in [1.807, 2.05) is 18.4 Å². The predicted molar refractivity (Wildman–Crippen MR) is 111 cm³/mol. The number of nitrogens with zero attached hydrogens (tertiary/aromatic N) is 2. The molecule has 0 radical (unpaired) electrons. The van der Waals surface area contributed by atoms with Crippen molar-refractivity contribution < 1.29 is 9.47 Å². The van der Waals surface area contributed by atoms with Crippen LogP contribution in [-0.4, -0.2) is 42.2 Å². The molecule has 0 unspecified atom stereocenters. The van der Waals surface area contributed by atoms with Gasteiger partial charge in [0.15, 0.2) is 11.5 Å². The number of aryl methyl sites for hydroxylation is 1. The molecule has 3 rings (SSSR count). The summed E-state index contributed by atoms with van der Waals surface area (Å²) in [5, 5.41) is 6.79. The number of nitrogens with one attached hydrogen (secondary N) is 1. The number of benzene rings is 1. The average Bonchev–Trinajstić information content (AvgIpc) is 3.10. The van der Waals surface area contributed by atoms with Crippen molar-refractivity contribution in [3.05, 3.63) is 39.8 Å². The molecule has 0 saturated carbocycles. The van der Waals surface area contributed by atoms with E-state index in [2.05, 4.69) is 41.2 Å². The Morgan fingerprint density at radius 3 is 2.67 bits per heavy atom. The van der Waals surface area contributed by atoms with Gasteiger partial charge >= 0.3 is 0 Å². The van der Waals surface area contributed by atoms with E-state index in [-0.39, 0.29) is 0 Å². The Kier molecular flexibility index (Phi) is 7.10. The van der Waals surface area contributed by atoms with E-state index in [4.69, 9.17) is 9.47 Å². The minimum Gasteiger partial charge on any atom is -0.493 e. The van der Waals surface area contributed by atoms with E-state index in [1.54, 1.807) is 18.4 Å². The number of ether oxygens (including phenoxy) is 2. The maximum absolute atomic E-state index is 5.90. The standard InChI is InChI=1S/C21H31N3O2S/c1-15(2)24-9-7-18(8-10-24)22-12-17-5-6-20(21(11-17)25-4)26-13-19-14-27-16(3)23-19/h5-6,11,14-15,18,22H,7-10,12-13H2,1-4H3. The van der Waals surface area contributed by atoms with Gasteiger partial charge in [-0.2, -0.15) is 0 Å². The highest BCUT2D eigenvalue weighted by atomic mass is 32.1. The molecule has 1 N–H and O–H groups in total. The number of piperidine rings is 1. The molecule has 0 amide bonds. The van der Waals surface area contributed by atoms with Crippen molar-refractivity contribution >= 4 is 11.3 Å². The van der Waals surface area contributed by atoms with Crippen molar-refractivity contribution in [2.24, 2.45) is 0 Å². The van der Waals surface area contributed by atoms with Gasteiger partial charge in [-0.1, -0.05) is 6.07 Å². The molecule has 1 saturated heterocycles. The maximum Gasteiger partial charge on any atom is 0.161 e. The molecule has 1 aliphatic rings. The highest BCUT2D eigenvalue weighted by molar-refractivity contribution is 7.09. The number of hydrogen-bond donors (Lipinski definition) is 1. The van der Waals surface area contributed by atoms with Crippen molar-refractivity contribution in [2.75, 3.05) is 20.2 Å². The number of thiazole rings is 1. The summed E-state index contributed by atoms with van der Waals surface area (Å²) in [5.41, 5.74) is 2.17. The highest BCUT2D eigenvalue weighted by Gasteiger charge is 2.20. The SMILES string of the molecule is COc1cc(CNC2CCN(C(C)C)CC2)ccc1OCc1csc(C)n1. The third kappa shape index (κ3) is 5.67. The van der Waals surface area contributed by atoms with Gasteiger partial charge in [-0.3, -0.25) is 0 Å². The molecule has 148 valence electrons. The zero-order chi connectivity index (χ0) is 19.2. The van der Waals surface area contributed by atoms with Crippen molar-refractivity contribution in [2.45, 2.75) is 58.8 Å². The first kappa shape index (κ1) is 20.1. The summed E-state index contributed by atoms with van der Waals surface area (Å²) in [6, 6.07) is 7.42. The van der Waals surface area contributed by atoms with Gasteiger partial charge in [-0.15, -0.1) is 11.3 Å². The van der Waals surface area contributed by atoms with Gasteiger partial charge in [-0.25, -0.2) is 4.98 Å². The molecular weight excluding hydrogens is 358 g/mol. The fraction of sp³-hybridized carbons (Fsp3) is 0.571. The summed E-state index contributed by atoms with van der Waals surface area (Å²) >= 11 is 1.64. The van der Waals surface area contributed by atoms with Crippen molar-refractivity contribution in [1.82, 2.24) is 15.2 Å². The molecule has 0 spiro atoms. The summed E-state index contributed by atoms with van der Waals surface area (Å²) in [6.07, 6.45) is 2.42. The molecule has 5 nitrogen and oxygen atoms in total. The molecule has 0 aliphatic carbocycles. The van der Waals surface area contributed by atoms with Gasteiger partial charge in [0.05, 0.1) is 17.8 Å². The Morgan fingerprint density at radius 2 is 2.04 bits per heavy atom. The Hall–Kier alpha value is -1.63. The minimum atomic E-state index is 0.465. The summed E-state index contributed by atoms with van der Waals surface area (Å²) in [7, 11) is 1.69. The molecule has 0 bridgehead atoms. The van der Waals surface area contributed by atoms with Gasteiger partial charge in [0, 0.05) is 24.0 Å². The number of methoxy groups -OCH3 is 1. The molecule has 2 heterocycles. The summed E-state index contributed by atoms with van der Waals surface area (Å²) in [5.74, 6) is 1.54. The van der Waals surface area contributed by atoms with Crippen LogP contribution >= 0.6 is 11.3 Å². The van der Waals surface area contributed by atoms with E-state index >= 15 is 0 Å². The van der Waals surface area contributed by atoms with Gasteiger partial charge in [0.2, 0.25) is 0 Å². The lowest BCUT2D eigenvalue weighted by molar-refractivity contribution is 0.161. The fourth-order valence-corrected chi connectivity index (χ4v) is 4.05. The maximum atomic E-state index is 5.90. The van der Waals surface area contributed by atoms with Crippen molar-refractivity contribution in [3.8, 4) is 11.5 Å². The summed E-state index contributed by atoms with van der Waals surface area (Å²) in [6.45, 7) is 10.2. The number of hydrogen-bond acceptors (Lipinski definition) is 6. The van der Waals surface area contributed by atoms with Crippen LogP contribution in [0, 0.1) is 6.92 Å². The third-order valence-corrected chi connectivity index (χ3v) is 5.95. The van der Waals surface area contributed by atoms with Crippen molar-refractivity contribution in [1.29, 1.82) is 0 Å². The minimum absolute atomic E-state index is 0.465. The van der Waals surface area contributed by atoms with Crippen LogP contribution < -0.4 is 14.8 Å². The van der Waals surface area contributed by atoms with Crippen LogP contribution in [0.25, 0.3) is 0 Å². The number of likely N-dealkylation sites (tertiary alicyclic amines) is 1. The van der Waals surface area contributed by atoms with Crippen LogP contribution in [0.5, 0.6) is 11.5 Å². The number of aromatic nitrogens is 1. The Labute approximate surface area is 166 Å². The lowest BCUT2D eigenvalue weighted by Crippen LogP contribution is -2.44. The molecular formula is C21H31N3O2S. The normalized spacial score (nSPS) is 16.0. The molecule has 1 fully saturated rings. The number of rotatable bonds is 8. The highest BCUT2D eigenvalue weighted by Crippen LogP contribution is 2.29. The second-order valence-electron chi connectivity index (χ2n) is 7.42. The van der Waals surface area contributed by atoms with Gasteiger partial charge in [-0.05, 0) is 64.4 Å². The predicted octanol–water partition coefficient (Wildman–Crippen LogP) is 4.00. The van der Waals surface area contributed by atoms with Crippen LogP contribution in [0.2, 0.25) is 0 Å². The first-order valence-corrected chi connectivity index (χ1v) is 10.6. The van der Waals surface area contributed by atoms with Crippen molar-refractivity contribution in [3.63, 3.8) is 0 Å². The van der Waals surface area contributed by atoms with E-state index < -0.39 is 0 Å². The van der Waals surface area contributed by atoms with Gasteiger partial charge in [0.25, 0.3) is 0 Å². The van der Waals surface area contributed by atoms with E-state index in [9.17, 15) is 0 Å². The van der Waals surface area contributed by atoms with Gasteiger partial charge < -0.3 is 19.7 Å². The molecule has 1 aromatic heterocycles. The molecule has 2 aromatic rings. The molecule has 1 aromatic carbocycles. The van der Waals surface area contributed by atoms with E-state index in [1.165, 1.54) is 31.5 Å². The van der Waals surface area contributed by atoms with Crippen LogP contribution in [0.3, 0.4) is 0 Å². The zero-order valence-electron chi connectivity index (χ0n) is 16.8. The smallest absolute Gasteiger partial charge is 0.161 e. The van der Waals surface area contributed by atoms with Crippen LogP contribution in [-0.2, 0) is 13.2 Å². The Balaban J connectivity index is 1.51. The molecule has 6 heteroatoms. The lowest BCUT2D eigenvalue weighted by atomic mass is 10.0. The summed E-state index contributed by atoms with van der Waals surface area (Å²) in [4.78, 5) is 6.99. The lowest BCUT2D eigenvalue weighted by Gasteiger charge is -2.35. The quantitative estimate of drug-likeness (QED) is 0.739. The second kappa shape index (κ2) is 9.53. The largest absolute Gasteiger partial charge is 0.493 e. The monoisotopic (exact) mass is 389 g/mol. The molecule has 1 aliphatic heterocycles. The fourth-order valence-electron chi connectivity index (χ4n) is 3.45. The van der Waals surface area contributed by atoms with E-state index in [0.717, 1.165) is 28.7 Å². The zero-order valence-corrected chi connectivity index (χ0v) is 17.6. The van der Waals surface area contributed by atoms with E-state index in [0.29, 0.717) is 18.7 Å². The van der Waals surface area contributed by atoms with Crippen LogP contribution in [0.1, 0.15) is 43.0 Å². The molecule has 0 atom stereocenters. The Morgan fingerprint density at radius 1 is 1.26 bits per heavy atom. The molecule has 27 heavy (non-hydrogen) atoms. The first-order chi connectivity index (χ1) is 13.0.